The topological polar surface area (TPSA) is 125 Å². The fraction of sp³-hybridized carbons (Fsp3) is 0.423. The van der Waals surface area contributed by atoms with Crippen molar-refractivity contribution in [2.75, 3.05) is 33.4 Å². The van der Waals surface area contributed by atoms with Gasteiger partial charge in [-0.05, 0) is 35.1 Å². The van der Waals surface area contributed by atoms with E-state index >= 15 is 0 Å². The predicted molar refractivity (Wildman–Crippen MR) is 127 cm³/mol. The molecule has 2 aromatic carbocycles. The standard InChI is InChI=1S/C26H30N2O7/c1-34-22(23(29)28-14-6-12-26(33,16-28)24(30)31)11-13-27-25(32)35-15-21-19-9-4-2-7-17(19)18-8-3-5-10-20(18)21/h2-5,7-10,21-22,33H,6,11-16H2,1H3,(H,27,32)(H,30,31). The van der Waals surface area contributed by atoms with Crippen LogP contribution >= 0.6 is 0 Å². The van der Waals surface area contributed by atoms with Crippen LogP contribution in [0.1, 0.15) is 36.3 Å². The number of piperidine rings is 1. The largest absolute Gasteiger partial charge is 0.479 e. The van der Waals surface area contributed by atoms with Gasteiger partial charge in [0.25, 0.3) is 5.91 Å². The number of ether oxygens (including phenoxy) is 2. The molecule has 9 nitrogen and oxygen atoms in total. The van der Waals surface area contributed by atoms with Crippen molar-refractivity contribution in [3.63, 3.8) is 0 Å². The number of alkyl carbamates (subject to hydrolysis) is 1. The number of rotatable bonds is 8. The lowest BCUT2D eigenvalue weighted by molar-refractivity contribution is -0.168. The number of carboxylic acids is 1. The molecule has 1 aliphatic heterocycles. The Kier molecular flexibility index (Phi) is 7.37. The zero-order valence-electron chi connectivity index (χ0n) is 19.6. The van der Waals surface area contributed by atoms with Crippen LogP contribution in [0, 0.1) is 0 Å². The Balaban J connectivity index is 1.28. The predicted octanol–water partition coefficient (Wildman–Crippen LogP) is 2.37. The van der Waals surface area contributed by atoms with Crippen molar-refractivity contribution in [1.82, 2.24) is 10.2 Å². The Bertz CT molecular complexity index is 1060. The van der Waals surface area contributed by atoms with Crippen LogP contribution < -0.4 is 5.32 Å². The lowest BCUT2D eigenvalue weighted by Gasteiger charge is -2.37. The fourth-order valence-electron chi connectivity index (χ4n) is 4.90. The molecule has 1 saturated heterocycles. The van der Waals surface area contributed by atoms with Crippen LogP contribution in [0.3, 0.4) is 0 Å². The Morgan fingerprint density at radius 1 is 1.11 bits per heavy atom. The molecule has 2 amide bonds. The number of methoxy groups -OCH3 is 1. The average Bonchev–Trinajstić information content (AvgIpc) is 3.18. The van der Waals surface area contributed by atoms with Gasteiger partial charge < -0.3 is 29.9 Å². The third-order valence-electron chi connectivity index (χ3n) is 6.76. The Morgan fingerprint density at radius 3 is 2.34 bits per heavy atom. The number of hydrogen-bond acceptors (Lipinski definition) is 6. The monoisotopic (exact) mass is 482 g/mol. The van der Waals surface area contributed by atoms with Gasteiger partial charge in [0.1, 0.15) is 12.7 Å². The Hall–Kier alpha value is -3.43. The molecule has 0 bridgehead atoms. The maximum Gasteiger partial charge on any atom is 0.407 e. The number of fused-ring (bicyclic) bond motifs is 3. The molecular weight excluding hydrogens is 452 g/mol. The van der Waals surface area contributed by atoms with Crippen molar-refractivity contribution in [3.05, 3.63) is 59.7 Å². The van der Waals surface area contributed by atoms with E-state index in [0.29, 0.717) is 13.0 Å². The van der Waals surface area contributed by atoms with Gasteiger partial charge in [0.05, 0.1) is 6.54 Å². The molecule has 0 aromatic heterocycles. The molecule has 1 fully saturated rings. The molecule has 35 heavy (non-hydrogen) atoms. The fourth-order valence-corrected chi connectivity index (χ4v) is 4.90. The van der Waals surface area contributed by atoms with Gasteiger partial charge in [-0.1, -0.05) is 48.5 Å². The number of nitrogens with one attached hydrogen (secondary N) is 1. The summed E-state index contributed by atoms with van der Waals surface area (Å²) in [6, 6.07) is 16.1. The molecule has 1 heterocycles. The van der Waals surface area contributed by atoms with E-state index in [0.717, 1.165) is 22.3 Å². The van der Waals surface area contributed by atoms with Gasteiger partial charge in [0.2, 0.25) is 0 Å². The molecule has 186 valence electrons. The van der Waals surface area contributed by atoms with Crippen molar-refractivity contribution in [2.45, 2.75) is 36.9 Å². The molecule has 1 aliphatic carbocycles. The van der Waals surface area contributed by atoms with E-state index in [1.54, 1.807) is 0 Å². The van der Waals surface area contributed by atoms with Crippen LogP contribution in [0.2, 0.25) is 0 Å². The molecule has 0 spiro atoms. The van der Waals surface area contributed by atoms with Gasteiger partial charge in [0, 0.05) is 32.5 Å². The number of amides is 2. The first-order valence-electron chi connectivity index (χ1n) is 11.7. The first-order chi connectivity index (χ1) is 16.8. The minimum atomic E-state index is -1.95. The summed E-state index contributed by atoms with van der Waals surface area (Å²) < 4.78 is 10.8. The Morgan fingerprint density at radius 2 is 1.74 bits per heavy atom. The molecule has 2 unspecified atom stereocenters. The SMILES string of the molecule is COC(CCNC(=O)OCC1c2ccccc2-c2ccccc21)C(=O)N1CCCC(O)(C(=O)O)C1. The smallest absolute Gasteiger partial charge is 0.407 e. The number of carbonyl (C=O) groups excluding carboxylic acids is 2. The van der Waals surface area contributed by atoms with E-state index in [4.69, 9.17) is 9.47 Å². The van der Waals surface area contributed by atoms with E-state index in [1.807, 2.05) is 36.4 Å². The first-order valence-corrected chi connectivity index (χ1v) is 11.7. The molecular formula is C26H30N2O7. The second-order valence-corrected chi connectivity index (χ2v) is 8.97. The Labute approximate surface area is 203 Å². The summed E-state index contributed by atoms with van der Waals surface area (Å²) in [6.07, 6.45) is -0.815. The van der Waals surface area contributed by atoms with Crippen LogP contribution in [0.25, 0.3) is 11.1 Å². The number of aliphatic carboxylic acids is 1. The number of nitrogens with zero attached hydrogens (tertiary/aromatic N) is 1. The molecule has 0 saturated carbocycles. The van der Waals surface area contributed by atoms with Crippen LogP contribution in [0.15, 0.2) is 48.5 Å². The molecule has 9 heteroatoms. The molecule has 2 aromatic rings. The van der Waals surface area contributed by atoms with Crippen LogP contribution in [-0.2, 0) is 19.1 Å². The molecule has 3 N–H and O–H groups in total. The van der Waals surface area contributed by atoms with Crippen molar-refractivity contribution in [3.8, 4) is 11.1 Å². The summed E-state index contributed by atoms with van der Waals surface area (Å²) in [4.78, 5) is 37.8. The summed E-state index contributed by atoms with van der Waals surface area (Å²) in [5.74, 6) is -1.81. The summed E-state index contributed by atoms with van der Waals surface area (Å²) >= 11 is 0. The van der Waals surface area contributed by atoms with E-state index in [2.05, 4.69) is 17.4 Å². The minimum absolute atomic E-state index is 0.0477. The normalized spacial score (nSPS) is 20.0. The highest BCUT2D eigenvalue weighted by molar-refractivity contribution is 5.84. The van der Waals surface area contributed by atoms with Crippen LogP contribution in [-0.4, -0.2) is 78.1 Å². The van der Waals surface area contributed by atoms with E-state index in [9.17, 15) is 24.6 Å². The average molecular weight is 483 g/mol. The van der Waals surface area contributed by atoms with E-state index in [-0.39, 0.29) is 38.5 Å². The second kappa shape index (κ2) is 10.5. The zero-order chi connectivity index (χ0) is 25.0. The number of benzene rings is 2. The number of carbonyl (C=O) groups is 3. The summed E-state index contributed by atoms with van der Waals surface area (Å²) in [5, 5.41) is 22.1. The molecule has 4 rings (SSSR count). The molecule has 2 atom stereocenters. The second-order valence-electron chi connectivity index (χ2n) is 8.97. The lowest BCUT2D eigenvalue weighted by atomic mass is 9.92. The van der Waals surface area contributed by atoms with Crippen molar-refractivity contribution in [1.29, 1.82) is 0 Å². The van der Waals surface area contributed by atoms with E-state index in [1.165, 1.54) is 12.0 Å². The number of likely N-dealkylation sites (tertiary alicyclic amines) is 1. The summed E-state index contributed by atoms with van der Waals surface area (Å²) in [7, 11) is 1.38. The number of aliphatic hydroxyl groups is 1. The van der Waals surface area contributed by atoms with Gasteiger partial charge in [-0.15, -0.1) is 0 Å². The minimum Gasteiger partial charge on any atom is -0.479 e. The quantitative estimate of drug-likeness (QED) is 0.527. The van der Waals surface area contributed by atoms with Gasteiger partial charge in [-0.25, -0.2) is 9.59 Å². The van der Waals surface area contributed by atoms with Crippen LogP contribution in [0.5, 0.6) is 0 Å². The number of β-amino-alcohol motifs (C(OH)–C–C–N with tert-alkyl or cyclic N) is 1. The van der Waals surface area contributed by atoms with Crippen molar-refractivity contribution in [2.24, 2.45) is 0 Å². The third-order valence-corrected chi connectivity index (χ3v) is 6.76. The van der Waals surface area contributed by atoms with Gasteiger partial charge in [-0.2, -0.15) is 0 Å². The highest BCUT2D eigenvalue weighted by Crippen LogP contribution is 2.44. The highest BCUT2D eigenvalue weighted by atomic mass is 16.5. The van der Waals surface area contributed by atoms with E-state index < -0.39 is 29.7 Å². The number of carboxylic acid groups (broad SMARTS) is 1. The van der Waals surface area contributed by atoms with Gasteiger partial charge >= 0.3 is 12.1 Å². The summed E-state index contributed by atoms with van der Waals surface area (Å²) in [6.45, 7) is 0.376. The summed E-state index contributed by atoms with van der Waals surface area (Å²) in [5.41, 5.74) is 2.58. The van der Waals surface area contributed by atoms with Crippen molar-refractivity contribution >= 4 is 18.0 Å². The molecule has 0 radical (unpaired) electrons. The van der Waals surface area contributed by atoms with Crippen LogP contribution in [0.4, 0.5) is 4.79 Å². The van der Waals surface area contributed by atoms with Gasteiger partial charge in [0.15, 0.2) is 5.60 Å². The number of hydrogen-bond donors (Lipinski definition) is 3. The maximum atomic E-state index is 12.8. The maximum absolute atomic E-state index is 12.8. The first kappa shape index (κ1) is 24.7. The lowest BCUT2D eigenvalue weighted by Crippen LogP contribution is -2.56. The third kappa shape index (κ3) is 5.16. The van der Waals surface area contributed by atoms with Crippen molar-refractivity contribution < 1.29 is 34.1 Å². The van der Waals surface area contributed by atoms with Gasteiger partial charge in [-0.3, -0.25) is 4.79 Å². The zero-order valence-corrected chi connectivity index (χ0v) is 19.6. The molecule has 2 aliphatic rings. The highest BCUT2D eigenvalue weighted by Gasteiger charge is 2.43.